The first-order valence-corrected chi connectivity index (χ1v) is 9.34. The lowest BCUT2D eigenvalue weighted by molar-refractivity contribution is -0.892. The van der Waals surface area contributed by atoms with Crippen LogP contribution in [0, 0.1) is 0 Å². The van der Waals surface area contributed by atoms with Crippen LogP contribution in [-0.2, 0) is 9.59 Å². The fourth-order valence-corrected chi connectivity index (χ4v) is 3.19. The first-order valence-electron chi connectivity index (χ1n) is 9.34. The number of amides is 2. The Morgan fingerprint density at radius 2 is 2.00 bits per heavy atom. The number of quaternary nitrogens is 1. The Bertz CT molecular complexity index is 600. The SMILES string of the molecule is CCNC(=O)CN(CC)C(=O)C[NH+]1CCN(c2cccc(OC)c2)CC1. The zero-order chi connectivity index (χ0) is 18.9. The van der Waals surface area contributed by atoms with Crippen molar-refractivity contribution in [1.29, 1.82) is 0 Å². The molecule has 0 aromatic heterocycles. The molecule has 2 N–H and O–H groups in total. The molecule has 0 radical (unpaired) electrons. The Balaban J connectivity index is 1.83. The molecule has 26 heavy (non-hydrogen) atoms. The topological polar surface area (TPSA) is 66.3 Å². The average molecular weight is 363 g/mol. The highest BCUT2D eigenvalue weighted by Crippen LogP contribution is 2.20. The van der Waals surface area contributed by atoms with Crippen molar-refractivity contribution >= 4 is 17.5 Å². The summed E-state index contributed by atoms with van der Waals surface area (Å²) in [5.41, 5.74) is 1.15. The van der Waals surface area contributed by atoms with Crippen LogP contribution in [0.4, 0.5) is 5.69 Å². The van der Waals surface area contributed by atoms with Crippen molar-refractivity contribution in [2.24, 2.45) is 0 Å². The number of rotatable bonds is 8. The van der Waals surface area contributed by atoms with Crippen molar-refractivity contribution in [3.8, 4) is 5.75 Å². The highest BCUT2D eigenvalue weighted by molar-refractivity contribution is 5.85. The minimum Gasteiger partial charge on any atom is -0.497 e. The van der Waals surface area contributed by atoms with E-state index in [1.165, 1.54) is 4.90 Å². The van der Waals surface area contributed by atoms with Crippen molar-refractivity contribution in [3.63, 3.8) is 0 Å². The minimum absolute atomic E-state index is 0.0450. The van der Waals surface area contributed by atoms with Crippen LogP contribution in [0.25, 0.3) is 0 Å². The van der Waals surface area contributed by atoms with E-state index >= 15 is 0 Å². The molecule has 7 heteroatoms. The number of hydrogen-bond donors (Lipinski definition) is 2. The van der Waals surface area contributed by atoms with Crippen LogP contribution in [0.5, 0.6) is 5.75 Å². The van der Waals surface area contributed by atoms with E-state index in [2.05, 4.69) is 16.3 Å². The molecule has 0 unspecified atom stereocenters. The van der Waals surface area contributed by atoms with E-state index in [1.54, 1.807) is 12.0 Å². The van der Waals surface area contributed by atoms with E-state index in [-0.39, 0.29) is 18.4 Å². The molecule has 1 saturated heterocycles. The number of likely N-dealkylation sites (N-methyl/N-ethyl adjacent to an activating group) is 2. The third-order valence-corrected chi connectivity index (χ3v) is 4.73. The molecule has 0 saturated carbocycles. The molecule has 1 aromatic carbocycles. The molecule has 2 amide bonds. The predicted molar refractivity (Wildman–Crippen MR) is 102 cm³/mol. The summed E-state index contributed by atoms with van der Waals surface area (Å²) in [6, 6.07) is 8.07. The van der Waals surface area contributed by atoms with Gasteiger partial charge >= 0.3 is 0 Å². The molecule has 2 rings (SSSR count). The van der Waals surface area contributed by atoms with Crippen LogP contribution in [0.3, 0.4) is 0 Å². The number of hydrogen-bond acceptors (Lipinski definition) is 4. The molecule has 7 nitrogen and oxygen atoms in total. The van der Waals surface area contributed by atoms with Crippen LogP contribution in [0.1, 0.15) is 13.8 Å². The first kappa shape index (κ1) is 20.0. The summed E-state index contributed by atoms with van der Waals surface area (Å²) in [6.45, 7) is 9.13. The quantitative estimate of drug-likeness (QED) is 0.646. The Morgan fingerprint density at radius 1 is 1.27 bits per heavy atom. The van der Waals surface area contributed by atoms with Gasteiger partial charge in [0.1, 0.15) is 5.75 Å². The van der Waals surface area contributed by atoms with Gasteiger partial charge in [0.2, 0.25) is 5.91 Å². The van der Waals surface area contributed by atoms with Gasteiger partial charge < -0.3 is 24.8 Å². The summed E-state index contributed by atoms with van der Waals surface area (Å²) in [5.74, 6) is 0.806. The van der Waals surface area contributed by atoms with Gasteiger partial charge in [-0.05, 0) is 26.0 Å². The van der Waals surface area contributed by atoms with Crippen molar-refractivity contribution in [2.75, 3.05) is 64.4 Å². The smallest absolute Gasteiger partial charge is 0.278 e. The lowest BCUT2D eigenvalue weighted by Gasteiger charge is -2.34. The summed E-state index contributed by atoms with van der Waals surface area (Å²) >= 11 is 0. The van der Waals surface area contributed by atoms with E-state index in [9.17, 15) is 9.59 Å². The molecule has 1 aromatic rings. The van der Waals surface area contributed by atoms with Gasteiger partial charge in [0.25, 0.3) is 5.91 Å². The van der Waals surface area contributed by atoms with E-state index in [0.717, 1.165) is 37.6 Å². The molecule has 1 fully saturated rings. The number of anilines is 1. The third-order valence-electron chi connectivity index (χ3n) is 4.73. The molecule has 0 atom stereocenters. The van der Waals surface area contributed by atoms with Crippen LogP contribution in [0.2, 0.25) is 0 Å². The Hall–Kier alpha value is -2.28. The number of nitrogens with zero attached hydrogens (tertiary/aromatic N) is 2. The minimum atomic E-state index is -0.0967. The zero-order valence-corrected chi connectivity index (χ0v) is 16.1. The monoisotopic (exact) mass is 363 g/mol. The van der Waals surface area contributed by atoms with Crippen molar-refractivity contribution in [1.82, 2.24) is 10.2 Å². The second kappa shape index (κ2) is 10.0. The Kier molecular flexibility index (Phi) is 7.72. The van der Waals surface area contributed by atoms with Gasteiger partial charge in [-0.15, -0.1) is 0 Å². The summed E-state index contributed by atoms with van der Waals surface area (Å²) < 4.78 is 5.29. The van der Waals surface area contributed by atoms with E-state index in [0.29, 0.717) is 19.6 Å². The third kappa shape index (κ3) is 5.62. The summed E-state index contributed by atoms with van der Waals surface area (Å²) in [7, 11) is 1.67. The van der Waals surface area contributed by atoms with Gasteiger partial charge in [0, 0.05) is 24.8 Å². The van der Waals surface area contributed by atoms with Crippen molar-refractivity contribution in [2.45, 2.75) is 13.8 Å². The normalized spacial score (nSPS) is 14.8. The highest BCUT2D eigenvalue weighted by Gasteiger charge is 2.25. The maximum Gasteiger partial charge on any atom is 0.278 e. The fourth-order valence-electron chi connectivity index (χ4n) is 3.19. The Labute approximate surface area is 155 Å². The molecule has 144 valence electrons. The number of piperazine rings is 1. The second-order valence-electron chi connectivity index (χ2n) is 6.48. The maximum absolute atomic E-state index is 12.5. The van der Waals surface area contributed by atoms with Gasteiger partial charge in [-0.25, -0.2) is 0 Å². The average Bonchev–Trinajstić information content (AvgIpc) is 2.67. The molecule has 1 aliphatic heterocycles. The molecule has 1 heterocycles. The number of carbonyl (C=O) groups is 2. The van der Waals surface area contributed by atoms with Crippen LogP contribution in [-0.4, -0.2) is 76.2 Å². The standard InChI is InChI=1S/C19H30N4O3/c1-4-20-18(24)14-22(5-2)19(25)15-21-9-11-23(12-10-21)16-7-6-8-17(13-16)26-3/h6-8,13H,4-5,9-12,14-15H2,1-3H3,(H,20,24)/p+1. The van der Waals surface area contributed by atoms with Gasteiger partial charge in [0.05, 0.1) is 39.8 Å². The number of nitrogens with one attached hydrogen (secondary N) is 2. The van der Waals surface area contributed by atoms with Crippen LogP contribution in [0.15, 0.2) is 24.3 Å². The molecular formula is C19H31N4O3+. The van der Waals surface area contributed by atoms with Crippen molar-refractivity contribution < 1.29 is 19.2 Å². The van der Waals surface area contributed by atoms with E-state index < -0.39 is 0 Å². The number of methoxy groups -OCH3 is 1. The highest BCUT2D eigenvalue weighted by atomic mass is 16.5. The zero-order valence-electron chi connectivity index (χ0n) is 16.1. The molecule has 0 spiro atoms. The van der Waals surface area contributed by atoms with Gasteiger partial charge in [-0.3, -0.25) is 9.59 Å². The summed E-state index contributed by atoms with van der Waals surface area (Å²) in [4.78, 5) is 29.5. The molecule has 1 aliphatic rings. The lowest BCUT2D eigenvalue weighted by Crippen LogP contribution is -3.16. The second-order valence-corrected chi connectivity index (χ2v) is 6.48. The van der Waals surface area contributed by atoms with Crippen molar-refractivity contribution in [3.05, 3.63) is 24.3 Å². The fraction of sp³-hybridized carbons (Fsp3) is 0.579. The summed E-state index contributed by atoms with van der Waals surface area (Å²) in [6.07, 6.45) is 0. The van der Waals surface area contributed by atoms with Crippen LogP contribution < -0.4 is 19.9 Å². The number of ether oxygens (including phenoxy) is 1. The van der Waals surface area contributed by atoms with Gasteiger partial charge in [0.15, 0.2) is 6.54 Å². The van der Waals surface area contributed by atoms with Gasteiger partial charge in [-0.2, -0.15) is 0 Å². The van der Waals surface area contributed by atoms with E-state index in [4.69, 9.17) is 4.74 Å². The summed E-state index contributed by atoms with van der Waals surface area (Å²) in [5, 5.41) is 2.75. The maximum atomic E-state index is 12.5. The first-order chi connectivity index (χ1) is 12.6. The predicted octanol–water partition coefficient (Wildman–Crippen LogP) is -0.615. The molecule has 0 bridgehead atoms. The van der Waals surface area contributed by atoms with E-state index in [1.807, 2.05) is 32.0 Å². The number of benzene rings is 1. The Morgan fingerprint density at radius 3 is 2.62 bits per heavy atom. The number of carbonyl (C=O) groups excluding carboxylic acids is 2. The van der Waals surface area contributed by atoms with Crippen LogP contribution >= 0.6 is 0 Å². The molecule has 0 aliphatic carbocycles. The van der Waals surface area contributed by atoms with Gasteiger partial charge in [-0.1, -0.05) is 6.07 Å². The molecular weight excluding hydrogens is 332 g/mol. The lowest BCUT2D eigenvalue weighted by atomic mass is 10.2. The largest absolute Gasteiger partial charge is 0.497 e.